The van der Waals surface area contributed by atoms with E-state index in [2.05, 4.69) is 0 Å². The summed E-state index contributed by atoms with van der Waals surface area (Å²) >= 11 is 5.95. The Balaban J connectivity index is 2.19. The van der Waals surface area contributed by atoms with Crippen molar-refractivity contribution in [1.82, 2.24) is 0 Å². The number of benzene rings is 2. The number of hydrogen-bond donors (Lipinski definition) is 1. The predicted octanol–water partition coefficient (Wildman–Crippen LogP) is 3.73. The molecule has 0 aromatic heterocycles. The van der Waals surface area contributed by atoms with E-state index in [1.807, 2.05) is 24.3 Å². The van der Waals surface area contributed by atoms with Gasteiger partial charge in [-0.25, -0.2) is 4.79 Å². The van der Waals surface area contributed by atoms with Crippen LogP contribution >= 0.6 is 11.6 Å². The molecule has 1 heterocycles. The zero-order valence-electron chi connectivity index (χ0n) is 9.31. The fraction of sp³-hybridized carbons (Fsp3) is 0.0714. The third-order valence-corrected chi connectivity index (χ3v) is 3.31. The highest BCUT2D eigenvalue weighted by Gasteiger charge is 2.24. The van der Waals surface area contributed by atoms with Gasteiger partial charge in [0.05, 0.1) is 10.6 Å². The zero-order valence-corrected chi connectivity index (χ0v) is 10.1. The van der Waals surface area contributed by atoms with Crippen molar-refractivity contribution in [2.75, 3.05) is 0 Å². The molecular formula is C14H9ClO3. The highest BCUT2D eigenvalue weighted by atomic mass is 35.5. The highest BCUT2D eigenvalue weighted by molar-refractivity contribution is 6.33. The van der Waals surface area contributed by atoms with Gasteiger partial charge in [-0.1, -0.05) is 29.8 Å². The van der Waals surface area contributed by atoms with Crippen molar-refractivity contribution in [1.29, 1.82) is 0 Å². The maximum atomic E-state index is 11.3. The Labute approximate surface area is 109 Å². The lowest BCUT2D eigenvalue weighted by atomic mass is 9.96. The van der Waals surface area contributed by atoms with Crippen LogP contribution in [0.5, 0.6) is 11.5 Å². The Morgan fingerprint density at radius 2 is 1.94 bits per heavy atom. The summed E-state index contributed by atoms with van der Waals surface area (Å²) in [6, 6.07) is 10.8. The molecule has 0 unspecified atom stereocenters. The second-order valence-corrected chi connectivity index (χ2v) is 4.50. The van der Waals surface area contributed by atoms with Crippen molar-refractivity contribution in [3.8, 4) is 11.5 Å². The van der Waals surface area contributed by atoms with Crippen LogP contribution in [0.3, 0.4) is 0 Å². The van der Waals surface area contributed by atoms with Gasteiger partial charge in [-0.2, -0.15) is 0 Å². The minimum Gasteiger partial charge on any atom is -0.478 e. The summed E-state index contributed by atoms with van der Waals surface area (Å²) in [5.41, 5.74) is 1.73. The summed E-state index contributed by atoms with van der Waals surface area (Å²) in [5, 5.41) is 9.47. The van der Waals surface area contributed by atoms with Crippen LogP contribution in [-0.2, 0) is 6.42 Å². The normalized spacial score (nSPS) is 12.3. The fourth-order valence-corrected chi connectivity index (χ4v) is 2.42. The molecule has 2 aromatic rings. The molecule has 0 spiro atoms. The molecule has 90 valence electrons. The third kappa shape index (κ3) is 1.64. The molecule has 4 heteroatoms. The van der Waals surface area contributed by atoms with Gasteiger partial charge in [-0.05, 0) is 23.8 Å². The zero-order chi connectivity index (χ0) is 12.7. The number of rotatable bonds is 1. The maximum absolute atomic E-state index is 11.3. The van der Waals surface area contributed by atoms with E-state index in [9.17, 15) is 9.90 Å². The molecule has 1 N–H and O–H groups in total. The number of carboxylic acids is 1. The quantitative estimate of drug-likeness (QED) is 0.725. The lowest BCUT2D eigenvalue weighted by Gasteiger charge is -2.21. The summed E-state index contributed by atoms with van der Waals surface area (Å²) in [4.78, 5) is 11.3. The third-order valence-electron chi connectivity index (χ3n) is 2.99. The first-order valence-electron chi connectivity index (χ1n) is 5.47. The van der Waals surface area contributed by atoms with Crippen molar-refractivity contribution >= 4 is 17.6 Å². The molecule has 3 nitrogen and oxygen atoms in total. The molecule has 0 aliphatic carbocycles. The van der Waals surface area contributed by atoms with Gasteiger partial charge in [-0.15, -0.1) is 0 Å². The van der Waals surface area contributed by atoms with Gasteiger partial charge in [0.1, 0.15) is 11.5 Å². The highest BCUT2D eigenvalue weighted by Crippen LogP contribution is 2.39. The number of para-hydroxylation sites is 1. The Morgan fingerprint density at radius 1 is 1.17 bits per heavy atom. The van der Waals surface area contributed by atoms with E-state index in [-0.39, 0.29) is 10.6 Å². The molecule has 1 aliphatic rings. The maximum Gasteiger partial charge on any atom is 0.337 e. The molecular weight excluding hydrogens is 252 g/mol. The summed E-state index contributed by atoms with van der Waals surface area (Å²) < 4.78 is 5.70. The number of fused-ring (bicyclic) bond motifs is 2. The largest absolute Gasteiger partial charge is 0.478 e. The number of carboxylic acid groups (broad SMARTS) is 1. The second-order valence-electron chi connectivity index (χ2n) is 4.09. The number of hydrogen-bond acceptors (Lipinski definition) is 2. The summed E-state index contributed by atoms with van der Waals surface area (Å²) in [7, 11) is 0. The molecule has 0 amide bonds. The molecule has 0 bridgehead atoms. The standard InChI is InChI=1S/C14H9ClO3/c15-10-5-6-12-9(13(10)14(16)17)7-8-3-1-2-4-11(8)18-12/h1-6H,7H2,(H,16,17). The Morgan fingerprint density at radius 3 is 2.72 bits per heavy atom. The van der Waals surface area contributed by atoms with Crippen LogP contribution in [0.1, 0.15) is 21.5 Å². The van der Waals surface area contributed by atoms with Crippen LogP contribution in [0, 0.1) is 0 Å². The molecule has 2 aromatic carbocycles. The number of aromatic carboxylic acids is 1. The van der Waals surface area contributed by atoms with Crippen molar-refractivity contribution < 1.29 is 14.6 Å². The summed E-state index contributed by atoms with van der Waals surface area (Å²) in [6.45, 7) is 0. The number of ether oxygens (including phenoxy) is 1. The first-order valence-corrected chi connectivity index (χ1v) is 5.85. The van der Waals surface area contributed by atoms with Crippen LogP contribution in [0.15, 0.2) is 36.4 Å². The first-order chi connectivity index (χ1) is 8.66. The molecule has 0 atom stereocenters. The minimum absolute atomic E-state index is 0.128. The summed E-state index contributed by atoms with van der Waals surface area (Å²) in [6.07, 6.45) is 0.522. The van der Waals surface area contributed by atoms with Crippen molar-refractivity contribution in [3.63, 3.8) is 0 Å². The van der Waals surface area contributed by atoms with E-state index in [1.54, 1.807) is 12.1 Å². The Kier molecular flexibility index (Phi) is 2.49. The predicted molar refractivity (Wildman–Crippen MR) is 67.7 cm³/mol. The second kappa shape index (κ2) is 4.03. The van der Waals surface area contributed by atoms with Crippen LogP contribution in [0.4, 0.5) is 0 Å². The lowest BCUT2D eigenvalue weighted by molar-refractivity contribution is 0.0695. The van der Waals surface area contributed by atoms with Crippen molar-refractivity contribution in [2.45, 2.75) is 6.42 Å². The van der Waals surface area contributed by atoms with E-state index >= 15 is 0 Å². The molecule has 1 aliphatic heterocycles. The van der Waals surface area contributed by atoms with Gasteiger partial charge in [0.2, 0.25) is 0 Å². The number of carbonyl (C=O) groups is 1. The van der Waals surface area contributed by atoms with Crippen LogP contribution in [0.2, 0.25) is 5.02 Å². The average Bonchev–Trinajstić information content (AvgIpc) is 2.36. The molecule has 0 radical (unpaired) electrons. The Hall–Kier alpha value is -2.00. The van der Waals surface area contributed by atoms with Gasteiger partial charge >= 0.3 is 5.97 Å². The molecule has 0 fully saturated rings. The van der Waals surface area contributed by atoms with Gasteiger partial charge in [-0.3, -0.25) is 0 Å². The van der Waals surface area contributed by atoms with Gasteiger partial charge in [0.25, 0.3) is 0 Å². The van der Waals surface area contributed by atoms with Gasteiger partial charge in [0, 0.05) is 12.0 Å². The van der Waals surface area contributed by atoms with Crippen LogP contribution < -0.4 is 4.74 Å². The van der Waals surface area contributed by atoms with E-state index in [4.69, 9.17) is 16.3 Å². The van der Waals surface area contributed by atoms with Crippen LogP contribution in [-0.4, -0.2) is 11.1 Å². The van der Waals surface area contributed by atoms with E-state index in [0.717, 1.165) is 11.3 Å². The molecule has 0 saturated carbocycles. The van der Waals surface area contributed by atoms with Crippen molar-refractivity contribution in [3.05, 3.63) is 58.1 Å². The molecule has 18 heavy (non-hydrogen) atoms. The van der Waals surface area contributed by atoms with Gasteiger partial charge < -0.3 is 9.84 Å². The smallest absolute Gasteiger partial charge is 0.337 e. The van der Waals surface area contributed by atoms with Crippen LogP contribution in [0.25, 0.3) is 0 Å². The monoisotopic (exact) mass is 260 g/mol. The lowest BCUT2D eigenvalue weighted by Crippen LogP contribution is -2.10. The van der Waals surface area contributed by atoms with Gasteiger partial charge in [0.15, 0.2) is 0 Å². The topological polar surface area (TPSA) is 46.5 Å². The molecule has 0 saturated heterocycles. The van der Waals surface area contributed by atoms with E-state index < -0.39 is 5.97 Å². The van der Waals surface area contributed by atoms with E-state index in [1.165, 1.54) is 0 Å². The average molecular weight is 261 g/mol. The molecule has 3 rings (SSSR count). The first kappa shape index (κ1) is 11.1. The minimum atomic E-state index is -1.03. The van der Waals surface area contributed by atoms with E-state index in [0.29, 0.717) is 17.7 Å². The Bertz CT molecular complexity index is 649. The summed E-state index contributed by atoms with van der Waals surface area (Å²) in [5.74, 6) is 0.305. The fourth-order valence-electron chi connectivity index (χ4n) is 2.16. The SMILES string of the molecule is O=C(O)c1c(Cl)ccc2c1Cc1ccccc1O2. The van der Waals surface area contributed by atoms with Crippen molar-refractivity contribution in [2.24, 2.45) is 0 Å². The number of halogens is 1.